The average molecular weight is 467 g/mol. The van der Waals surface area contributed by atoms with Gasteiger partial charge in [-0.25, -0.2) is 0 Å². The number of hydrogen-bond acceptors (Lipinski definition) is 7. The summed E-state index contributed by atoms with van der Waals surface area (Å²) in [4.78, 5) is 41.5. The third-order valence-electron chi connectivity index (χ3n) is 6.26. The third-order valence-corrected chi connectivity index (χ3v) is 6.26. The number of aromatic amines is 1. The van der Waals surface area contributed by atoms with Gasteiger partial charge in [0, 0.05) is 28.6 Å². The van der Waals surface area contributed by atoms with Crippen LogP contribution < -0.4 is 15.7 Å². The Morgan fingerprint density at radius 2 is 1.63 bits per heavy atom. The third kappa shape index (κ3) is 3.18. The van der Waals surface area contributed by atoms with E-state index in [9.17, 15) is 24.6 Å². The van der Waals surface area contributed by atoms with E-state index in [1.807, 2.05) is 18.2 Å². The number of esters is 1. The van der Waals surface area contributed by atoms with Gasteiger partial charge >= 0.3 is 5.97 Å². The van der Waals surface area contributed by atoms with Gasteiger partial charge in [0.2, 0.25) is 5.75 Å². The number of pyridine rings is 1. The van der Waals surface area contributed by atoms with Crippen molar-refractivity contribution in [2.75, 3.05) is 0 Å². The molecule has 3 aromatic carbocycles. The summed E-state index contributed by atoms with van der Waals surface area (Å²) < 4.78 is 11.4. The van der Waals surface area contributed by atoms with Gasteiger partial charge in [0.15, 0.2) is 16.9 Å². The Morgan fingerprint density at radius 1 is 0.886 bits per heavy atom. The summed E-state index contributed by atoms with van der Waals surface area (Å²) in [5.41, 5.74) is 0.523. The van der Waals surface area contributed by atoms with Gasteiger partial charge in [0.05, 0.1) is 12.0 Å². The van der Waals surface area contributed by atoms with E-state index < -0.39 is 34.4 Å². The van der Waals surface area contributed by atoms with Crippen molar-refractivity contribution in [1.82, 2.24) is 4.98 Å². The molecule has 35 heavy (non-hydrogen) atoms. The fraction of sp³-hybridized carbons (Fsp3) is 0.0741. The van der Waals surface area contributed by atoms with Crippen molar-refractivity contribution in [3.63, 3.8) is 0 Å². The van der Waals surface area contributed by atoms with Crippen molar-refractivity contribution in [3.8, 4) is 28.6 Å². The first kappa shape index (κ1) is 20.7. The first-order chi connectivity index (χ1) is 16.9. The van der Waals surface area contributed by atoms with Crippen molar-refractivity contribution in [3.05, 3.63) is 98.4 Å². The van der Waals surface area contributed by atoms with Crippen molar-refractivity contribution < 1.29 is 24.2 Å². The number of carbonyl (C=O) groups is 1. The highest BCUT2D eigenvalue weighted by atomic mass is 16.5. The van der Waals surface area contributed by atoms with Gasteiger partial charge in [0.1, 0.15) is 16.7 Å². The number of aromatic nitrogens is 1. The Hall–Kier alpha value is -4.85. The summed E-state index contributed by atoms with van der Waals surface area (Å²) in [6.45, 7) is 0. The Kier molecular flexibility index (Phi) is 4.50. The van der Waals surface area contributed by atoms with Crippen LogP contribution in [-0.4, -0.2) is 21.2 Å². The number of nitrogens with one attached hydrogen (secondary N) is 1. The lowest BCUT2D eigenvalue weighted by molar-refractivity contribution is -0.135. The van der Waals surface area contributed by atoms with Crippen LogP contribution in [0.1, 0.15) is 23.5 Å². The van der Waals surface area contributed by atoms with Gasteiger partial charge in [0.25, 0.3) is 5.56 Å². The van der Waals surface area contributed by atoms with E-state index in [-0.39, 0.29) is 40.0 Å². The fourth-order valence-electron chi connectivity index (χ4n) is 4.64. The molecule has 172 valence electrons. The van der Waals surface area contributed by atoms with Gasteiger partial charge in [-0.3, -0.25) is 14.4 Å². The second-order valence-corrected chi connectivity index (χ2v) is 8.36. The number of para-hydroxylation sites is 1. The molecule has 0 bridgehead atoms. The zero-order valence-corrected chi connectivity index (χ0v) is 18.1. The van der Waals surface area contributed by atoms with E-state index in [0.29, 0.717) is 11.1 Å². The SMILES string of the molecule is O=C1C[C@H](c2cc3ccccc3[nH]c2=O)c2c(c(O)c(O)c3c(=O)cc(-c4ccccc4)oc23)O1. The molecule has 0 saturated carbocycles. The molecule has 3 N–H and O–H groups in total. The molecule has 1 aliphatic rings. The average Bonchev–Trinajstić information content (AvgIpc) is 2.86. The number of rotatable bonds is 2. The minimum absolute atomic E-state index is 0.0632. The maximum absolute atomic E-state index is 13.1. The Morgan fingerprint density at radius 3 is 2.43 bits per heavy atom. The summed E-state index contributed by atoms with van der Waals surface area (Å²) >= 11 is 0. The smallest absolute Gasteiger partial charge is 0.312 e. The quantitative estimate of drug-likeness (QED) is 0.202. The molecule has 6 rings (SSSR count). The van der Waals surface area contributed by atoms with Crippen LogP contribution in [0.25, 0.3) is 33.2 Å². The highest BCUT2D eigenvalue weighted by Crippen LogP contribution is 2.51. The van der Waals surface area contributed by atoms with Crippen molar-refractivity contribution in [1.29, 1.82) is 0 Å². The molecule has 3 heterocycles. The lowest BCUT2D eigenvalue weighted by Gasteiger charge is -2.26. The number of aromatic hydroxyl groups is 2. The molecular weight excluding hydrogens is 450 g/mol. The molecular formula is C27H17NO7. The Labute approximate surface area is 196 Å². The first-order valence-electron chi connectivity index (χ1n) is 10.9. The lowest BCUT2D eigenvalue weighted by atomic mass is 9.84. The molecule has 0 fully saturated rings. The summed E-state index contributed by atoms with van der Waals surface area (Å²) in [6.07, 6.45) is -0.229. The van der Waals surface area contributed by atoms with Crippen LogP contribution in [0.3, 0.4) is 0 Å². The minimum Gasteiger partial charge on any atom is -0.504 e. The minimum atomic E-state index is -0.900. The Bertz CT molecular complexity index is 1780. The van der Waals surface area contributed by atoms with Crippen molar-refractivity contribution >= 4 is 27.8 Å². The van der Waals surface area contributed by atoms with Crippen LogP contribution in [-0.2, 0) is 4.79 Å². The second-order valence-electron chi connectivity index (χ2n) is 8.36. The number of benzene rings is 3. The van der Waals surface area contributed by atoms with Crippen LogP contribution >= 0.6 is 0 Å². The molecule has 0 unspecified atom stereocenters. The largest absolute Gasteiger partial charge is 0.504 e. The predicted octanol–water partition coefficient (Wildman–Crippen LogP) is 4.15. The summed E-state index contributed by atoms with van der Waals surface area (Å²) in [6, 6.07) is 18.9. The summed E-state index contributed by atoms with van der Waals surface area (Å²) in [5, 5.41) is 21.8. The zero-order chi connectivity index (χ0) is 24.3. The van der Waals surface area contributed by atoms with Gasteiger partial charge in [-0.05, 0) is 17.5 Å². The van der Waals surface area contributed by atoms with E-state index in [1.54, 1.807) is 42.5 Å². The molecule has 0 aliphatic carbocycles. The molecule has 8 heteroatoms. The second kappa shape index (κ2) is 7.59. The van der Waals surface area contributed by atoms with E-state index in [1.165, 1.54) is 6.07 Å². The summed E-state index contributed by atoms with van der Waals surface area (Å²) in [7, 11) is 0. The van der Waals surface area contributed by atoms with Gasteiger partial charge < -0.3 is 24.4 Å². The predicted molar refractivity (Wildman–Crippen MR) is 128 cm³/mol. The van der Waals surface area contributed by atoms with E-state index in [0.717, 1.165) is 5.39 Å². The molecule has 0 saturated heterocycles. The van der Waals surface area contributed by atoms with Crippen LogP contribution in [0.15, 0.2) is 80.7 Å². The van der Waals surface area contributed by atoms with Gasteiger partial charge in [-0.1, -0.05) is 48.5 Å². The molecule has 2 aromatic heterocycles. The van der Waals surface area contributed by atoms with Crippen molar-refractivity contribution in [2.24, 2.45) is 0 Å². The number of carbonyl (C=O) groups excluding carboxylic acids is 1. The molecule has 0 amide bonds. The van der Waals surface area contributed by atoms with Crippen LogP contribution in [0.2, 0.25) is 0 Å². The number of fused-ring (bicyclic) bond motifs is 4. The lowest BCUT2D eigenvalue weighted by Crippen LogP contribution is -2.26. The van der Waals surface area contributed by atoms with Gasteiger partial charge in [-0.2, -0.15) is 0 Å². The number of hydrogen-bond donors (Lipinski definition) is 3. The fourth-order valence-corrected chi connectivity index (χ4v) is 4.64. The summed E-state index contributed by atoms with van der Waals surface area (Å²) in [5.74, 6) is -3.24. The molecule has 0 spiro atoms. The molecule has 1 aliphatic heterocycles. The molecule has 0 radical (unpaired) electrons. The number of phenols is 2. The maximum Gasteiger partial charge on any atom is 0.312 e. The molecule has 1 atom stereocenters. The topological polar surface area (TPSA) is 130 Å². The first-order valence-corrected chi connectivity index (χ1v) is 10.9. The monoisotopic (exact) mass is 467 g/mol. The number of phenolic OH excluding ortho intramolecular Hbond substituents is 2. The van der Waals surface area contributed by atoms with E-state index in [2.05, 4.69) is 4.98 Å². The zero-order valence-electron chi connectivity index (χ0n) is 18.1. The number of ether oxygens (including phenoxy) is 1. The van der Waals surface area contributed by atoms with Crippen LogP contribution in [0.4, 0.5) is 0 Å². The Balaban J connectivity index is 1.71. The van der Waals surface area contributed by atoms with Crippen LogP contribution in [0.5, 0.6) is 17.2 Å². The molecule has 5 aromatic rings. The van der Waals surface area contributed by atoms with E-state index >= 15 is 0 Å². The van der Waals surface area contributed by atoms with Crippen molar-refractivity contribution in [2.45, 2.75) is 12.3 Å². The standard InChI is InChI=1S/C27H17NO7/c29-18-12-19(13-6-2-1-3-7-13)34-25-21-15(11-20(30)35-26(21)24(32)23(31)22(18)25)16-10-14-8-4-5-9-17(14)28-27(16)33/h1-10,12,15,31-32H,11H2,(H,28,33)/t15-/m1/s1. The van der Waals surface area contributed by atoms with Crippen LogP contribution in [0, 0.1) is 0 Å². The number of H-pyrrole nitrogens is 1. The highest BCUT2D eigenvalue weighted by molar-refractivity contribution is 5.96. The highest BCUT2D eigenvalue weighted by Gasteiger charge is 2.37. The van der Waals surface area contributed by atoms with Gasteiger partial charge in [-0.15, -0.1) is 0 Å². The maximum atomic E-state index is 13.1. The normalized spacial score (nSPS) is 15.2. The van der Waals surface area contributed by atoms with E-state index in [4.69, 9.17) is 9.15 Å². The molecule has 8 nitrogen and oxygen atoms in total.